The summed E-state index contributed by atoms with van der Waals surface area (Å²) in [5, 5.41) is 32.5. The Kier molecular flexibility index (Phi) is 4.32. The van der Waals surface area contributed by atoms with Crippen LogP contribution in [0.5, 0.6) is 0 Å². The van der Waals surface area contributed by atoms with Gasteiger partial charge < -0.3 is 29.8 Å². The predicted molar refractivity (Wildman–Crippen MR) is 89.1 cm³/mol. The van der Waals surface area contributed by atoms with Gasteiger partial charge >= 0.3 is 0 Å². The van der Waals surface area contributed by atoms with E-state index in [0.717, 1.165) is 11.5 Å². The summed E-state index contributed by atoms with van der Waals surface area (Å²) in [6, 6.07) is 3.75. The highest BCUT2D eigenvalue weighted by Crippen LogP contribution is 2.32. The molecule has 2 unspecified atom stereocenters. The van der Waals surface area contributed by atoms with Crippen LogP contribution >= 0.6 is 0 Å². The van der Waals surface area contributed by atoms with Gasteiger partial charge in [-0.2, -0.15) is 0 Å². The average Bonchev–Trinajstić information content (AvgIpc) is 3.32. The van der Waals surface area contributed by atoms with Gasteiger partial charge in [-0.1, -0.05) is 0 Å². The van der Waals surface area contributed by atoms with Crippen molar-refractivity contribution in [3.8, 4) is 0 Å². The summed E-state index contributed by atoms with van der Waals surface area (Å²) >= 11 is 0. The molecule has 0 aromatic carbocycles. The molecule has 0 bridgehead atoms. The molecule has 1 aliphatic rings. The van der Waals surface area contributed by atoms with Crippen molar-refractivity contribution in [3.63, 3.8) is 0 Å². The van der Waals surface area contributed by atoms with Crippen LogP contribution in [0.3, 0.4) is 0 Å². The lowest BCUT2D eigenvalue weighted by atomic mass is 10.1. The molecule has 0 aliphatic carbocycles. The maximum absolute atomic E-state index is 10.2. The van der Waals surface area contributed by atoms with Crippen LogP contribution in [0.1, 0.15) is 17.7 Å². The van der Waals surface area contributed by atoms with Gasteiger partial charge in [0.2, 0.25) is 0 Å². The minimum absolute atomic E-state index is 0.397. The number of anilines is 1. The molecule has 4 rings (SSSR count). The summed E-state index contributed by atoms with van der Waals surface area (Å²) in [6.07, 6.45) is -1.33. The highest BCUT2D eigenvalue weighted by molar-refractivity contribution is 5.82. The lowest BCUT2D eigenvalue weighted by Gasteiger charge is -2.16. The standard InChI is InChI=1S/C16H19N5O5/c1-8-2-3-9(25-8)4-17-14-11-15(19-6-18-14)21(7-20-11)16-13(24)12(23)10(5-22)26-16/h2-3,6-7,10,12-13,16,22-24H,4-5H2,1H3,(H,17,18,19)/t10-,12?,13?,16-/m1/s1. The Morgan fingerprint density at radius 2 is 2.04 bits per heavy atom. The average molecular weight is 361 g/mol. The van der Waals surface area contributed by atoms with Crippen molar-refractivity contribution in [2.24, 2.45) is 0 Å². The second kappa shape index (κ2) is 6.65. The Morgan fingerprint density at radius 3 is 2.73 bits per heavy atom. The van der Waals surface area contributed by atoms with E-state index in [-0.39, 0.29) is 0 Å². The van der Waals surface area contributed by atoms with Crippen molar-refractivity contribution in [1.82, 2.24) is 19.5 Å². The molecule has 0 amide bonds. The maximum Gasteiger partial charge on any atom is 0.167 e. The van der Waals surface area contributed by atoms with Crippen molar-refractivity contribution in [2.75, 3.05) is 11.9 Å². The monoisotopic (exact) mass is 361 g/mol. The van der Waals surface area contributed by atoms with Gasteiger partial charge in [0.25, 0.3) is 0 Å². The molecular weight excluding hydrogens is 342 g/mol. The SMILES string of the molecule is Cc1ccc(CNc2ncnc3c2ncn3[C@@H]2O[C@H](CO)C(O)C2O)o1. The first-order valence-corrected chi connectivity index (χ1v) is 8.17. The van der Waals surface area contributed by atoms with E-state index in [2.05, 4.69) is 20.3 Å². The molecule has 1 aliphatic heterocycles. The smallest absolute Gasteiger partial charge is 0.167 e. The Bertz CT molecular complexity index is 909. The summed E-state index contributed by atoms with van der Waals surface area (Å²) in [5.41, 5.74) is 0.932. The second-order valence-electron chi connectivity index (χ2n) is 6.14. The lowest BCUT2D eigenvalue weighted by Crippen LogP contribution is -2.33. The zero-order chi connectivity index (χ0) is 18.3. The third kappa shape index (κ3) is 2.82. The van der Waals surface area contributed by atoms with Crippen molar-refractivity contribution >= 4 is 17.0 Å². The fourth-order valence-electron chi connectivity index (χ4n) is 3.03. The van der Waals surface area contributed by atoms with E-state index >= 15 is 0 Å². The number of aromatic nitrogens is 4. The van der Waals surface area contributed by atoms with E-state index in [1.165, 1.54) is 17.2 Å². The number of nitrogens with one attached hydrogen (secondary N) is 1. The number of furan rings is 1. The number of rotatable bonds is 5. The largest absolute Gasteiger partial charge is 0.465 e. The summed E-state index contributed by atoms with van der Waals surface area (Å²) < 4.78 is 12.6. The number of aliphatic hydroxyl groups excluding tert-OH is 3. The Balaban J connectivity index is 1.61. The summed E-state index contributed by atoms with van der Waals surface area (Å²) in [6.45, 7) is 1.90. The first-order valence-electron chi connectivity index (χ1n) is 8.17. The van der Waals surface area contributed by atoms with Crippen LogP contribution in [0.2, 0.25) is 0 Å². The van der Waals surface area contributed by atoms with E-state index in [1.807, 2.05) is 19.1 Å². The van der Waals surface area contributed by atoms with Crippen LogP contribution in [0.15, 0.2) is 29.2 Å². The summed E-state index contributed by atoms with van der Waals surface area (Å²) in [7, 11) is 0. The Hall–Kier alpha value is -2.53. The Morgan fingerprint density at radius 1 is 1.19 bits per heavy atom. The molecule has 0 saturated carbocycles. The lowest BCUT2D eigenvalue weighted by molar-refractivity contribution is -0.0511. The minimum Gasteiger partial charge on any atom is -0.465 e. The van der Waals surface area contributed by atoms with E-state index in [1.54, 1.807) is 0 Å². The topological polar surface area (TPSA) is 139 Å². The van der Waals surface area contributed by atoms with Gasteiger partial charge in [-0.15, -0.1) is 0 Å². The zero-order valence-corrected chi connectivity index (χ0v) is 14.0. The molecule has 3 aromatic heterocycles. The maximum atomic E-state index is 10.2. The van der Waals surface area contributed by atoms with Gasteiger partial charge in [0, 0.05) is 0 Å². The number of fused-ring (bicyclic) bond motifs is 1. The Labute approximate surface area is 148 Å². The van der Waals surface area contributed by atoms with Gasteiger partial charge in [0.15, 0.2) is 23.2 Å². The van der Waals surface area contributed by atoms with Crippen LogP contribution in [0.4, 0.5) is 5.82 Å². The van der Waals surface area contributed by atoms with E-state index in [4.69, 9.17) is 9.15 Å². The van der Waals surface area contributed by atoms with E-state index in [9.17, 15) is 15.3 Å². The van der Waals surface area contributed by atoms with Gasteiger partial charge in [-0.25, -0.2) is 15.0 Å². The fraction of sp³-hybridized carbons (Fsp3) is 0.438. The van der Waals surface area contributed by atoms with Crippen LogP contribution in [0.25, 0.3) is 11.2 Å². The third-order valence-corrected chi connectivity index (χ3v) is 4.38. The molecule has 10 heteroatoms. The molecule has 10 nitrogen and oxygen atoms in total. The quantitative estimate of drug-likeness (QED) is 0.492. The van der Waals surface area contributed by atoms with Crippen LogP contribution in [-0.4, -0.2) is 59.8 Å². The van der Waals surface area contributed by atoms with Gasteiger partial charge in [0.1, 0.15) is 36.2 Å². The number of imidazole rings is 1. The van der Waals surface area contributed by atoms with Gasteiger partial charge in [0.05, 0.1) is 19.5 Å². The molecule has 4 N–H and O–H groups in total. The van der Waals surface area contributed by atoms with Crippen LogP contribution in [-0.2, 0) is 11.3 Å². The van der Waals surface area contributed by atoms with Crippen molar-refractivity contribution in [2.45, 2.75) is 38.0 Å². The molecule has 138 valence electrons. The first kappa shape index (κ1) is 16.9. The molecule has 4 heterocycles. The van der Waals surface area contributed by atoms with E-state index < -0.39 is 31.1 Å². The van der Waals surface area contributed by atoms with Crippen molar-refractivity contribution < 1.29 is 24.5 Å². The molecule has 0 radical (unpaired) electrons. The minimum atomic E-state index is -1.21. The van der Waals surface area contributed by atoms with Crippen molar-refractivity contribution in [3.05, 3.63) is 36.3 Å². The predicted octanol–water partition coefficient (Wildman–Crippen LogP) is -0.0487. The highest BCUT2D eigenvalue weighted by atomic mass is 16.6. The number of aliphatic hydroxyl groups is 3. The zero-order valence-electron chi connectivity index (χ0n) is 14.0. The van der Waals surface area contributed by atoms with Crippen LogP contribution < -0.4 is 5.32 Å². The number of nitrogens with zero attached hydrogens (tertiary/aromatic N) is 4. The number of aryl methyl sites for hydroxylation is 1. The molecule has 4 atom stereocenters. The van der Waals surface area contributed by atoms with Crippen molar-refractivity contribution in [1.29, 1.82) is 0 Å². The molecule has 3 aromatic rings. The fourth-order valence-corrected chi connectivity index (χ4v) is 3.03. The second-order valence-corrected chi connectivity index (χ2v) is 6.14. The number of ether oxygens (including phenoxy) is 1. The highest BCUT2D eigenvalue weighted by Gasteiger charge is 2.44. The summed E-state index contributed by atoms with van der Waals surface area (Å²) in [5.74, 6) is 2.09. The summed E-state index contributed by atoms with van der Waals surface area (Å²) in [4.78, 5) is 12.7. The first-order chi connectivity index (χ1) is 12.6. The van der Waals surface area contributed by atoms with Crippen LogP contribution in [0, 0.1) is 6.92 Å². The molecule has 1 fully saturated rings. The normalized spacial score (nSPS) is 25.8. The molecule has 1 saturated heterocycles. The molecular formula is C16H19N5O5. The molecule has 0 spiro atoms. The van der Waals surface area contributed by atoms with Gasteiger partial charge in [-0.3, -0.25) is 4.57 Å². The van der Waals surface area contributed by atoms with E-state index in [0.29, 0.717) is 23.5 Å². The molecule has 26 heavy (non-hydrogen) atoms. The van der Waals surface area contributed by atoms with Gasteiger partial charge in [-0.05, 0) is 19.1 Å². The third-order valence-electron chi connectivity index (χ3n) is 4.38. The number of hydrogen-bond acceptors (Lipinski definition) is 9. The number of hydrogen-bond donors (Lipinski definition) is 4.